The Morgan fingerprint density at radius 2 is 2.03 bits per heavy atom. The lowest BCUT2D eigenvalue weighted by Gasteiger charge is -2.20. The summed E-state index contributed by atoms with van der Waals surface area (Å²) in [7, 11) is 0. The first-order valence-electron chi connectivity index (χ1n) is 10.2. The molecule has 0 aromatic carbocycles. The molecule has 0 radical (unpaired) electrons. The van der Waals surface area contributed by atoms with E-state index < -0.39 is 12.0 Å². The van der Waals surface area contributed by atoms with Crippen molar-refractivity contribution < 1.29 is 14.4 Å². The Kier molecular flexibility index (Phi) is 6.78. The number of nitrogens with zero attached hydrogens (tertiary/aromatic N) is 1. The minimum atomic E-state index is -0.784. The molecule has 1 aliphatic heterocycles. The summed E-state index contributed by atoms with van der Waals surface area (Å²) in [4.78, 5) is 40.4. The van der Waals surface area contributed by atoms with E-state index in [4.69, 9.17) is 23.2 Å². The summed E-state index contributed by atoms with van der Waals surface area (Å²) < 4.78 is 0. The van der Waals surface area contributed by atoms with Crippen LogP contribution in [0.2, 0.25) is 10.2 Å². The van der Waals surface area contributed by atoms with Crippen molar-refractivity contribution in [3.63, 3.8) is 0 Å². The van der Waals surface area contributed by atoms with Crippen LogP contribution in [-0.4, -0.2) is 34.2 Å². The van der Waals surface area contributed by atoms with Gasteiger partial charge in [-0.3, -0.25) is 14.4 Å². The summed E-state index contributed by atoms with van der Waals surface area (Å²) >= 11 is 11.8. The molecule has 2 heterocycles. The topological polar surface area (TPSA) is 115 Å². The van der Waals surface area contributed by atoms with Gasteiger partial charge in [0.05, 0.1) is 16.8 Å². The molecule has 3 N–H and O–H groups in total. The molecule has 1 aliphatic carbocycles. The van der Waals surface area contributed by atoms with Crippen LogP contribution in [-0.2, 0) is 9.59 Å². The monoisotopic (exact) mass is 452 g/mol. The highest BCUT2D eigenvalue weighted by Crippen LogP contribution is 2.37. The number of nitriles is 1. The van der Waals surface area contributed by atoms with E-state index in [1.807, 2.05) is 13.8 Å². The molecule has 1 aromatic heterocycles. The van der Waals surface area contributed by atoms with E-state index >= 15 is 0 Å². The Hall–Kier alpha value is -2.04. The second kappa shape index (κ2) is 8.99. The predicted octanol–water partition coefficient (Wildman–Crippen LogP) is 3.62. The highest BCUT2D eigenvalue weighted by atomic mass is 35.5. The van der Waals surface area contributed by atoms with Crippen molar-refractivity contribution in [1.29, 1.82) is 5.26 Å². The predicted molar refractivity (Wildman–Crippen MR) is 113 cm³/mol. The van der Waals surface area contributed by atoms with Gasteiger partial charge in [0.25, 0.3) is 0 Å². The number of halogens is 2. The number of hydrogen-bond acceptors (Lipinski definition) is 4. The number of aromatic amines is 1. The van der Waals surface area contributed by atoms with Gasteiger partial charge >= 0.3 is 0 Å². The Labute approximate surface area is 185 Å². The van der Waals surface area contributed by atoms with Crippen molar-refractivity contribution >= 4 is 40.8 Å². The van der Waals surface area contributed by atoms with Crippen LogP contribution in [0.15, 0.2) is 6.07 Å². The molecule has 2 aliphatic rings. The molecule has 3 atom stereocenters. The zero-order valence-electron chi connectivity index (χ0n) is 17.1. The molecule has 9 heteroatoms. The second-order valence-corrected chi connectivity index (χ2v) is 9.83. The van der Waals surface area contributed by atoms with Crippen molar-refractivity contribution in [3.05, 3.63) is 21.9 Å². The Morgan fingerprint density at radius 1 is 1.33 bits per heavy atom. The molecular formula is C21H26Cl2N4O3. The van der Waals surface area contributed by atoms with Crippen LogP contribution in [0.1, 0.15) is 62.9 Å². The highest BCUT2D eigenvalue weighted by Gasteiger charge is 2.39. The maximum atomic E-state index is 12.9. The summed E-state index contributed by atoms with van der Waals surface area (Å²) in [5.74, 6) is -1.13. The summed E-state index contributed by atoms with van der Waals surface area (Å²) in [5.41, 5.74) is -0.0500. The van der Waals surface area contributed by atoms with Crippen LogP contribution in [0.25, 0.3) is 0 Å². The molecule has 1 aromatic rings. The second-order valence-electron chi connectivity index (χ2n) is 9.05. The molecule has 0 spiro atoms. The van der Waals surface area contributed by atoms with Crippen LogP contribution in [0.3, 0.4) is 0 Å². The fourth-order valence-corrected chi connectivity index (χ4v) is 4.34. The van der Waals surface area contributed by atoms with Gasteiger partial charge in [-0.2, -0.15) is 5.26 Å². The number of hydrogen-bond donors (Lipinski definition) is 3. The number of aromatic nitrogens is 1. The largest absolute Gasteiger partial charge is 0.351 e. The van der Waals surface area contributed by atoms with Gasteiger partial charge in [0.15, 0.2) is 5.78 Å². The maximum absolute atomic E-state index is 12.9. The number of carbonyl (C=O) groups is 3. The molecule has 3 rings (SSSR count). The fraction of sp³-hybridized carbons (Fsp3) is 0.619. The van der Waals surface area contributed by atoms with Gasteiger partial charge in [0.1, 0.15) is 11.2 Å². The Bertz CT molecular complexity index is 866. The molecule has 0 unspecified atom stereocenters. The molecule has 2 amide bonds. The lowest BCUT2D eigenvalue weighted by atomic mass is 9.90. The van der Waals surface area contributed by atoms with Crippen molar-refractivity contribution in [2.75, 3.05) is 0 Å². The summed E-state index contributed by atoms with van der Waals surface area (Å²) in [6.45, 7) is 3.86. The van der Waals surface area contributed by atoms with E-state index in [2.05, 4.69) is 21.7 Å². The van der Waals surface area contributed by atoms with E-state index in [0.717, 1.165) is 12.8 Å². The fourth-order valence-electron chi connectivity index (χ4n) is 4.03. The van der Waals surface area contributed by atoms with E-state index in [1.54, 1.807) is 0 Å². The quantitative estimate of drug-likeness (QED) is 0.496. The summed E-state index contributed by atoms with van der Waals surface area (Å²) in [6.07, 6.45) is 3.54. The van der Waals surface area contributed by atoms with E-state index in [1.165, 1.54) is 6.07 Å². The highest BCUT2D eigenvalue weighted by molar-refractivity contribution is 6.41. The third-order valence-corrected chi connectivity index (χ3v) is 6.42. The number of nitrogens with one attached hydrogen (secondary N) is 3. The molecule has 7 nitrogen and oxygen atoms in total. The minimum absolute atomic E-state index is 0.00456. The molecule has 30 heavy (non-hydrogen) atoms. The zero-order chi connectivity index (χ0) is 22.1. The van der Waals surface area contributed by atoms with Crippen LogP contribution in [0, 0.1) is 29.1 Å². The summed E-state index contributed by atoms with van der Waals surface area (Å²) in [6, 6.07) is 2.76. The third kappa shape index (κ3) is 5.77. The van der Waals surface area contributed by atoms with Crippen LogP contribution < -0.4 is 10.6 Å². The first-order chi connectivity index (χ1) is 14.1. The number of rotatable bonds is 9. The molecule has 2 fully saturated rings. The molecule has 0 bridgehead atoms. The standard InChI is InChI=1S/C21H26Cl2N4O3/c1-21(2)9-13(20(30)27-21)6-14(10-24)25-19(29)12(5-11-3-4-11)7-17(28)16-8-15(22)18(23)26-16/h8,11-14,26H,3-7,9H2,1-2H3,(H,25,29)(H,27,30)/t12-,13-,14+/m1/s1. The molecule has 162 valence electrons. The van der Waals surface area contributed by atoms with Crippen molar-refractivity contribution in [3.8, 4) is 6.07 Å². The smallest absolute Gasteiger partial charge is 0.224 e. The van der Waals surface area contributed by atoms with E-state index in [9.17, 15) is 19.6 Å². The van der Waals surface area contributed by atoms with Gasteiger partial charge in [-0.05, 0) is 45.1 Å². The molecule has 1 saturated carbocycles. The first-order valence-corrected chi connectivity index (χ1v) is 10.9. The number of H-pyrrole nitrogens is 1. The van der Waals surface area contributed by atoms with Gasteiger partial charge in [-0.1, -0.05) is 36.0 Å². The van der Waals surface area contributed by atoms with Crippen molar-refractivity contribution in [2.24, 2.45) is 17.8 Å². The van der Waals surface area contributed by atoms with Gasteiger partial charge in [0, 0.05) is 23.8 Å². The van der Waals surface area contributed by atoms with E-state index in [0.29, 0.717) is 18.8 Å². The van der Waals surface area contributed by atoms with Crippen molar-refractivity contribution in [2.45, 2.75) is 64.0 Å². The number of Topliss-reactive ketones (excluding diaryl/α,β-unsaturated/α-hetero) is 1. The normalized spacial score (nSPS) is 22.1. The minimum Gasteiger partial charge on any atom is -0.351 e. The number of amides is 2. The zero-order valence-corrected chi connectivity index (χ0v) is 18.6. The number of ketones is 1. The lowest BCUT2D eigenvalue weighted by molar-refractivity contribution is -0.127. The molecular weight excluding hydrogens is 427 g/mol. The average Bonchev–Trinajstić information content (AvgIpc) is 3.36. The van der Waals surface area contributed by atoms with Gasteiger partial charge in [0.2, 0.25) is 11.8 Å². The van der Waals surface area contributed by atoms with Gasteiger partial charge < -0.3 is 15.6 Å². The maximum Gasteiger partial charge on any atom is 0.224 e. The lowest BCUT2D eigenvalue weighted by Crippen LogP contribution is -2.40. The van der Waals surface area contributed by atoms with Gasteiger partial charge in [-0.25, -0.2) is 0 Å². The third-order valence-electron chi connectivity index (χ3n) is 5.72. The van der Waals surface area contributed by atoms with Crippen LogP contribution >= 0.6 is 23.2 Å². The first kappa shape index (κ1) is 22.6. The van der Waals surface area contributed by atoms with Crippen LogP contribution in [0.4, 0.5) is 0 Å². The SMILES string of the molecule is CC1(C)C[C@@H](C[C@@H](C#N)NC(=O)[C@@H](CC(=O)c2cc(Cl)c(Cl)[nH]2)CC2CC2)C(=O)N1. The van der Waals surface area contributed by atoms with E-state index in [-0.39, 0.29) is 57.8 Å². The Morgan fingerprint density at radius 3 is 2.53 bits per heavy atom. The van der Waals surface area contributed by atoms with Gasteiger partial charge in [-0.15, -0.1) is 0 Å². The summed E-state index contributed by atoms with van der Waals surface area (Å²) in [5, 5.41) is 15.6. The number of carbonyl (C=O) groups excluding carboxylic acids is 3. The molecule has 1 saturated heterocycles. The van der Waals surface area contributed by atoms with Crippen molar-refractivity contribution in [1.82, 2.24) is 15.6 Å². The Balaban J connectivity index is 1.63. The average molecular weight is 453 g/mol. The van der Waals surface area contributed by atoms with Crippen LogP contribution in [0.5, 0.6) is 0 Å².